The van der Waals surface area contributed by atoms with Gasteiger partial charge in [-0.2, -0.15) is 0 Å². The lowest BCUT2D eigenvalue weighted by Gasteiger charge is -2.22. The van der Waals surface area contributed by atoms with Gasteiger partial charge < -0.3 is 9.80 Å². The lowest BCUT2D eigenvalue weighted by atomic mass is 10.2. The van der Waals surface area contributed by atoms with Gasteiger partial charge in [0.25, 0.3) is 5.91 Å². The molecule has 8 heteroatoms. The molecule has 1 saturated heterocycles. The van der Waals surface area contributed by atoms with E-state index in [4.69, 9.17) is 23.2 Å². The largest absolute Gasteiger partial charge is 0.341 e. The van der Waals surface area contributed by atoms with Gasteiger partial charge in [0, 0.05) is 32.6 Å². The van der Waals surface area contributed by atoms with Gasteiger partial charge in [0.15, 0.2) is 10.3 Å². The fourth-order valence-electron chi connectivity index (χ4n) is 2.27. The van der Waals surface area contributed by atoms with Crippen molar-refractivity contribution in [1.82, 2.24) is 20.0 Å². The third kappa shape index (κ3) is 3.83. The van der Waals surface area contributed by atoms with Crippen LogP contribution in [0.25, 0.3) is 0 Å². The Labute approximate surface area is 133 Å². The quantitative estimate of drug-likeness (QED) is 0.830. The molecular weight excluding hydrogens is 315 g/mol. The number of nitrogens with zero attached hydrogens (tertiary/aromatic N) is 4. The van der Waals surface area contributed by atoms with Crippen LogP contribution in [-0.2, 0) is 4.79 Å². The SMILES string of the molecule is CCC(=O)N1CCCN(C(=O)c2cc(Cl)nnc2Cl)CC1. The van der Waals surface area contributed by atoms with Gasteiger partial charge in [0.05, 0.1) is 5.56 Å². The number of carbonyl (C=O) groups excluding carboxylic acids is 2. The van der Waals surface area contributed by atoms with Crippen molar-refractivity contribution in [1.29, 1.82) is 0 Å². The van der Waals surface area contributed by atoms with E-state index in [2.05, 4.69) is 10.2 Å². The third-order valence-electron chi connectivity index (χ3n) is 3.39. The van der Waals surface area contributed by atoms with E-state index in [1.165, 1.54) is 6.07 Å². The Kier molecular flexibility index (Phi) is 5.36. The standard InChI is InChI=1S/C13H16Cl2N4O2/c1-2-11(20)18-4-3-5-19(7-6-18)13(21)9-8-10(14)16-17-12(9)15/h8H,2-7H2,1H3. The number of hydrogen-bond acceptors (Lipinski definition) is 4. The summed E-state index contributed by atoms with van der Waals surface area (Å²) in [5.74, 6) is -0.126. The van der Waals surface area contributed by atoms with Crippen LogP contribution in [0.1, 0.15) is 30.1 Å². The minimum atomic E-state index is -0.234. The van der Waals surface area contributed by atoms with Crippen LogP contribution in [0.5, 0.6) is 0 Å². The second kappa shape index (κ2) is 7.04. The molecule has 0 aliphatic carbocycles. The first-order valence-electron chi connectivity index (χ1n) is 6.78. The van der Waals surface area contributed by atoms with E-state index in [-0.39, 0.29) is 27.7 Å². The van der Waals surface area contributed by atoms with Gasteiger partial charge in [-0.15, -0.1) is 10.2 Å². The van der Waals surface area contributed by atoms with E-state index in [0.29, 0.717) is 32.6 Å². The fraction of sp³-hybridized carbons (Fsp3) is 0.538. The summed E-state index contributed by atoms with van der Waals surface area (Å²) >= 11 is 11.7. The van der Waals surface area contributed by atoms with Crippen molar-refractivity contribution in [3.8, 4) is 0 Å². The zero-order valence-corrected chi connectivity index (χ0v) is 13.2. The smallest absolute Gasteiger partial charge is 0.257 e. The van der Waals surface area contributed by atoms with Crippen molar-refractivity contribution < 1.29 is 9.59 Å². The number of aromatic nitrogens is 2. The van der Waals surface area contributed by atoms with Crippen LogP contribution >= 0.6 is 23.2 Å². The predicted molar refractivity (Wildman–Crippen MR) is 79.4 cm³/mol. The average molecular weight is 331 g/mol. The molecule has 0 bridgehead atoms. The molecule has 1 aliphatic heterocycles. The highest BCUT2D eigenvalue weighted by Gasteiger charge is 2.24. The summed E-state index contributed by atoms with van der Waals surface area (Å²) in [5.41, 5.74) is 0.243. The van der Waals surface area contributed by atoms with Crippen molar-refractivity contribution in [2.75, 3.05) is 26.2 Å². The van der Waals surface area contributed by atoms with Gasteiger partial charge in [-0.3, -0.25) is 9.59 Å². The van der Waals surface area contributed by atoms with Crippen molar-refractivity contribution in [3.63, 3.8) is 0 Å². The summed E-state index contributed by atoms with van der Waals surface area (Å²) < 4.78 is 0. The van der Waals surface area contributed by atoms with Crippen molar-refractivity contribution >= 4 is 35.0 Å². The minimum absolute atomic E-state index is 0.0372. The Morgan fingerprint density at radius 1 is 1.14 bits per heavy atom. The maximum absolute atomic E-state index is 12.5. The second-order valence-electron chi connectivity index (χ2n) is 4.75. The Bertz CT molecular complexity index is 553. The van der Waals surface area contributed by atoms with Crippen molar-refractivity contribution in [2.45, 2.75) is 19.8 Å². The van der Waals surface area contributed by atoms with Crippen LogP contribution in [0.2, 0.25) is 10.3 Å². The van der Waals surface area contributed by atoms with Gasteiger partial charge in [-0.1, -0.05) is 30.1 Å². The van der Waals surface area contributed by atoms with Crippen molar-refractivity contribution in [2.24, 2.45) is 0 Å². The summed E-state index contributed by atoms with van der Waals surface area (Å²) in [4.78, 5) is 27.7. The van der Waals surface area contributed by atoms with E-state index in [1.54, 1.807) is 9.80 Å². The summed E-state index contributed by atoms with van der Waals surface area (Å²) in [6.07, 6.45) is 1.21. The van der Waals surface area contributed by atoms with E-state index >= 15 is 0 Å². The van der Waals surface area contributed by atoms with Gasteiger partial charge in [-0.25, -0.2) is 0 Å². The first-order valence-corrected chi connectivity index (χ1v) is 7.54. The Morgan fingerprint density at radius 3 is 2.52 bits per heavy atom. The number of carbonyl (C=O) groups is 2. The van der Waals surface area contributed by atoms with E-state index < -0.39 is 0 Å². The molecular formula is C13H16Cl2N4O2. The summed E-state index contributed by atoms with van der Waals surface area (Å²) in [5, 5.41) is 7.40. The van der Waals surface area contributed by atoms with Gasteiger partial charge in [-0.05, 0) is 12.5 Å². The fourth-order valence-corrected chi connectivity index (χ4v) is 2.59. The molecule has 21 heavy (non-hydrogen) atoms. The minimum Gasteiger partial charge on any atom is -0.341 e. The van der Waals surface area contributed by atoms with Crippen LogP contribution in [0.3, 0.4) is 0 Å². The molecule has 2 amide bonds. The zero-order chi connectivity index (χ0) is 15.4. The Hall–Kier alpha value is -1.40. The molecule has 0 N–H and O–H groups in total. The molecule has 0 unspecified atom stereocenters. The summed E-state index contributed by atoms with van der Waals surface area (Å²) in [6.45, 7) is 4.08. The highest BCUT2D eigenvalue weighted by Crippen LogP contribution is 2.18. The summed E-state index contributed by atoms with van der Waals surface area (Å²) in [6, 6.07) is 1.42. The van der Waals surface area contributed by atoms with Crippen LogP contribution in [0, 0.1) is 0 Å². The second-order valence-corrected chi connectivity index (χ2v) is 5.50. The molecule has 0 saturated carbocycles. The van der Waals surface area contributed by atoms with Gasteiger partial charge in [0.2, 0.25) is 5.91 Å². The van der Waals surface area contributed by atoms with Crippen LogP contribution in [0.15, 0.2) is 6.07 Å². The topological polar surface area (TPSA) is 66.4 Å². The van der Waals surface area contributed by atoms with E-state index in [0.717, 1.165) is 6.42 Å². The maximum atomic E-state index is 12.5. The lowest BCUT2D eigenvalue weighted by Crippen LogP contribution is -2.37. The molecule has 2 rings (SSSR count). The molecule has 2 heterocycles. The van der Waals surface area contributed by atoms with Crippen molar-refractivity contribution in [3.05, 3.63) is 21.9 Å². The maximum Gasteiger partial charge on any atom is 0.257 e. The Morgan fingerprint density at radius 2 is 1.81 bits per heavy atom. The van der Waals surface area contributed by atoms with Crippen LogP contribution in [0.4, 0.5) is 0 Å². The molecule has 0 spiro atoms. The first kappa shape index (κ1) is 16.0. The number of amides is 2. The predicted octanol–water partition coefficient (Wildman–Crippen LogP) is 1.87. The van der Waals surface area contributed by atoms with Gasteiger partial charge >= 0.3 is 0 Å². The number of hydrogen-bond donors (Lipinski definition) is 0. The molecule has 0 radical (unpaired) electrons. The summed E-state index contributed by atoms with van der Waals surface area (Å²) in [7, 11) is 0. The Balaban J connectivity index is 2.10. The molecule has 114 valence electrons. The third-order valence-corrected chi connectivity index (χ3v) is 3.85. The monoisotopic (exact) mass is 330 g/mol. The van der Waals surface area contributed by atoms with E-state index in [1.807, 2.05) is 6.92 Å². The highest BCUT2D eigenvalue weighted by molar-refractivity contribution is 6.34. The van der Waals surface area contributed by atoms with E-state index in [9.17, 15) is 9.59 Å². The van der Waals surface area contributed by atoms with Crippen LogP contribution in [-0.4, -0.2) is 58.0 Å². The normalized spacial score (nSPS) is 15.8. The molecule has 1 aromatic rings. The molecule has 1 fully saturated rings. The number of halogens is 2. The lowest BCUT2D eigenvalue weighted by molar-refractivity contribution is -0.130. The van der Waals surface area contributed by atoms with Gasteiger partial charge in [0.1, 0.15) is 0 Å². The zero-order valence-electron chi connectivity index (χ0n) is 11.7. The molecule has 6 nitrogen and oxygen atoms in total. The molecule has 0 atom stereocenters. The molecule has 0 aromatic carbocycles. The van der Waals surface area contributed by atoms with Crippen LogP contribution < -0.4 is 0 Å². The average Bonchev–Trinajstić information content (AvgIpc) is 2.74. The number of rotatable bonds is 2. The molecule has 1 aliphatic rings. The first-order chi connectivity index (χ1) is 10.0. The highest BCUT2D eigenvalue weighted by atomic mass is 35.5. The molecule has 1 aromatic heterocycles.